The third kappa shape index (κ3) is 2.30. The molecule has 4 nitrogen and oxygen atoms in total. The first kappa shape index (κ1) is 13.1. The number of aromatic nitrogens is 2. The van der Waals surface area contributed by atoms with Gasteiger partial charge >= 0.3 is 0 Å². The molecule has 0 aliphatic heterocycles. The summed E-state index contributed by atoms with van der Waals surface area (Å²) in [5.74, 6) is 1.84. The van der Waals surface area contributed by atoms with Crippen LogP contribution in [-0.2, 0) is 0 Å². The minimum Gasteiger partial charge on any atom is -0.492 e. The first-order valence-electron chi connectivity index (χ1n) is 5.20. The van der Waals surface area contributed by atoms with Crippen LogP contribution in [0, 0.1) is 18.2 Å². The van der Waals surface area contributed by atoms with Crippen molar-refractivity contribution in [1.82, 2.24) is 9.97 Å². The molecule has 0 spiro atoms. The lowest BCUT2D eigenvalue weighted by Crippen LogP contribution is -2.01. The molecule has 2 aromatic rings. The summed E-state index contributed by atoms with van der Waals surface area (Å²) in [6.45, 7) is 0. The van der Waals surface area contributed by atoms with E-state index in [9.17, 15) is 4.39 Å². The zero-order valence-electron chi connectivity index (χ0n) is 9.95. The Morgan fingerprint density at radius 2 is 2.21 bits per heavy atom. The second-order valence-corrected chi connectivity index (χ2v) is 3.99. The Morgan fingerprint density at radius 1 is 1.47 bits per heavy atom. The monoisotopic (exact) mass is 277 g/mol. The molecule has 0 saturated carbocycles. The fraction of sp³-hybridized carbons (Fsp3) is 0.0769. The van der Waals surface area contributed by atoms with E-state index >= 15 is 0 Å². The van der Waals surface area contributed by atoms with Gasteiger partial charge in [-0.1, -0.05) is 17.5 Å². The van der Waals surface area contributed by atoms with E-state index < -0.39 is 5.82 Å². The summed E-state index contributed by atoms with van der Waals surface area (Å²) in [5, 5.41) is 0.164. The van der Waals surface area contributed by atoms with E-state index in [0.717, 1.165) is 0 Å². The topological polar surface area (TPSA) is 61.0 Å². The SMILES string of the molecule is C#Cc1cnc(-c2ccc(Cl)c(OC)c2F)nc1N. The van der Waals surface area contributed by atoms with Gasteiger partial charge in [0.25, 0.3) is 0 Å². The zero-order chi connectivity index (χ0) is 14.0. The quantitative estimate of drug-likeness (QED) is 0.857. The number of hydrogen-bond acceptors (Lipinski definition) is 4. The van der Waals surface area contributed by atoms with Gasteiger partial charge in [-0.2, -0.15) is 0 Å². The second-order valence-electron chi connectivity index (χ2n) is 3.58. The van der Waals surface area contributed by atoms with Gasteiger partial charge < -0.3 is 10.5 Å². The van der Waals surface area contributed by atoms with Crippen molar-refractivity contribution >= 4 is 17.4 Å². The standard InChI is InChI=1S/C13H9ClFN3O/c1-3-7-6-17-13(18-12(7)16)8-4-5-9(14)11(19-2)10(8)15/h1,4-6H,2H3,(H2,16,17,18). The Balaban J connectivity index is 2.60. The van der Waals surface area contributed by atoms with Crippen molar-refractivity contribution in [2.45, 2.75) is 0 Å². The van der Waals surface area contributed by atoms with Gasteiger partial charge in [-0.25, -0.2) is 14.4 Å². The molecule has 0 aliphatic carbocycles. The Labute approximate surface area is 114 Å². The molecule has 0 bridgehead atoms. The van der Waals surface area contributed by atoms with Crippen LogP contribution in [0.3, 0.4) is 0 Å². The zero-order valence-corrected chi connectivity index (χ0v) is 10.7. The lowest BCUT2D eigenvalue weighted by molar-refractivity contribution is 0.387. The van der Waals surface area contributed by atoms with E-state index in [1.54, 1.807) is 0 Å². The van der Waals surface area contributed by atoms with Gasteiger partial charge in [0.15, 0.2) is 17.4 Å². The van der Waals surface area contributed by atoms with Crippen molar-refractivity contribution < 1.29 is 9.13 Å². The average molecular weight is 278 g/mol. The highest BCUT2D eigenvalue weighted by molar-refractivity contribution is 6.32. The number of halogens is 2. The summed E-state index contributed by atoms with van der Waals surface area (Å²) in [7, 11) is 1.32. The first-order valence-corrected chi connectivity index (χ1v) is 5.57. The van der Waals surface area contributed by atoms with Crippen molar-refractivity contribution in [1.29, 1.82) is 0 Å². The van der Waals surface area contributed by atoms with Crippen molar-refractivity contribution in [2.75, 3.05) is 12.8 Å². The summed E-state index contributed by atoms with van der Waals surface area (Å²) in [4.78, 5) is 7.94. The number of terminal acetylenes is 1. The lowest BCUT2D eigenvalue weighted by atomic mass is 10.1. The predicted molar refractivity (Wildman–Crippen MR) is 71.3 cm³/mol. The smallest absolute Gasteiger partial charge is 0.177 e. The lowest BCUT2D eigenvalue weighted by Gasteiger charge is -2.09. The van der Waals surface area contributed by atoms with Crippen LogP contribution in [0.4, 0.5) is 10.2 Å². The first-order chi connectivity index (χ1) is 9.08. The van der Waals surface area contributed by atoms with E-state index in [4.69, 9.17) is 28.5 Å². The summed E-state index contributed by atoms with van der Waals surface area (Å²) in [5.41, 5.74) is 6.13. The third-order valence-corrected chi connectivity index (χ3v) is 2.77. The molecule has 0 radical (unpaired) electrons. The summed E-state index contributed by atoms with van der Waals surface area (Å²) >= 11 is 5.81. The fourth-order valence-electron chi connectivity index (χ4n) is 1.53. The van der Waals surface area contributed by atoms with E-state index in [-0.39, 0.29) is 28.0 Å². The molecule has 1 aromatic heterocycles. The Bertz CT molecular complexity index is 682. The van der Waals surface area contributed by atoms with Crippen LogP contribution in [0.2, 0.25) is 5.02 Å². The molecule has 0 saturated heterocycles. The highest BCUT2D eigenvalue weighted by Gasteiger charge is 2.16. The minimum atomic E-state index is -0.650. The van der Waals surface area contributed by atoms with Gasteiger partial charge in [-0.05, 0) is 12.1 Å². The molecule has 96 valence electrons. The van der Waals surface area contributed by atoms with Crippen LogP contribution < -0.4 is 10.5 Å². The number of ether oxygens (including phenoxy) is 1. The molecule has 0 aliphatic rings. The highest BCUT2D eigenvalue weighted by Crippen LogP contribution is 2.33. The molecule has 1 heterocycles. The molecular formula is C13H9ClFN3O. The number of nitrogens with two attached hydrogens (primary N) is 1. The molecule has 2 N–H and O–H groups in total. The normalized spacial score (nSPS) is 10.0. The number of nitrogens with zero attached hydrogens (tertiary/aromatic N) is 2. The van der Waals surface area contributed by atoms with Crippen LogP contribution in [0.25, 0.3) is 11.4 Å². The number of anilines is 1. The third-order valence-electron chi connectivity index (χ3n) is 2.47. The van der Waals surface area contributed by atoms with Gasteiger partial charge in [0.2, 0.25) is 0 Å². The summed E-state index contributed by atoms with van der Waals surface area (Å²) in [6.07, 6.45) is 6.57. The largest absolute Gasteiger partial charge is 0.492 e. The van der Waals surface area contributed by atoms with Crippen molar-refractivity contribution in [2.24, 2.45) is 0 Å². The molecule has 6 heteroatoms. The van der Waals surface area contributed by atoms with Crippen molar-refractivity contribution in [3.63, 3.8) is 0 Å². The number of benzene rings is 1. The average Bonchev–Trinajstić information content (AvgIpc) is 2.39. The van der Waals surface area contributed by atoms with Crippen LogP contribution >= 0.6 is 11.6 Å². The van der Waals surface area contributed by atoms with Gasteiger partial charge in [0, 0.05) is 6.20 Å². The van der Waals surface area contributed by atoms with E-state index in [1.807, 2.05) is 0 Å². The highest BCUT2D eigenvalue weighted by atomic mass is 35.5. The maximum absolute atomic E-state index is 14.2. The second kappa shape index (κ2) is 5.12. The number of hydrogen-bond donors (Lipinski definition) is 1. The van der Waals surface area contributed by atoms with Crippen LogP contribution in [0.5, 0.6) is 5.75 Å². The molecule has 1 aromatic carbocycles. The molecule has 19 heavy (non-hydrogen) atoms. The Kier molecular flexibility index (Phi) is 3.54. The Morgan fingerprint density at radius 3 is 2.79 bits per heavy atom. The predicted octanol–water partition coefficient (Wildman–Crippen LogP) is 2.51. The fourth-order valence-corrected chi connectivity index (χ4v) is 1.75. The number of rotatable bonds is 2. The van der Waals surface area contributed by atoms with Gasteiger partial charge in [-0.3, -0.25) is 0 Å². The van der Waals surface area contributed by atoms with Gasteiger partial charge in [-0.15, -0.1) is 6.42 Å². The van der Waals surface area contributed by atoms with Crippen molar-refractivity contribution in [3.8, 4) is 29.5 Å². The van der Waals surface area contributed by atoms with Gasteiger partial charge in [0.1, 0.15) is 5.82 Å². The minimum absolute atomic E-state index is 0.0673. The number of nitrogen functional groups attached to an aromatic ring is 1. The van der Waals surface area contributed by atoms with Gasteiger partial charge in [0.05, 0.1) is 23.3 Å². The van der Waals surface area contributed by atoms with E-state index in [1.165, 1.54) is 25.4 Å². The van der Waals surface area contributed by atoms with E-state index in [0.29, 0.717) is 5.56 Å². The molecular weight excluding hydrogens is 269 g/mol. The summed E-state index contributed by atoms with van der Waals surface area (Å²) < 4.78 is 19.0. The summed E-state index contributed by atoms with van der Waals surface area (Å²) in [6, 6.07) is 2.94. The van der Waals surface area contributed by atoms with Crippen LogP contribution in [0.15, 0.2) is 18.3 Å². The molecule has 0 amide bonds. The van der Waals surface area contributed by atoms with Crippen molar-refractivity contribution in [3.05, 3.63) is 34.7 Å². The van der Waals surface area contributed by atoms with Crippen LogP contribution in [0.1, 0.15) is 5.56 Å². The molecule has 0 unspecified atom stereocenters. The molecule has 2 rings (SSSR count). The Hall–Kier alpha value is -2.32. The maximum Gasteiger partial charge on any atom is 0.177 e. The maximum atomic E-state index is 14.2. The molecule has 0 atom stereocenters. The molecule has 0 fully saturated rings. The van der Waals surface area contributed by atoms with Crippen LogP contribution in [-0.4, -0.2) is 17.1 Å². The van der Waals surface area contributed by atoms with E-state index in [2.05, 4.69) is 15.9 Å². The number of methoxy groups -OCH3 is 1.